The van der Waals surface area contributed by atoms with Crippen molar-refractivity contribution in [2.45, 2.75) is 132 Å². The third-order valence-electron chi connectivity index (χ3n) is 16.4. The summed E-state index contributed by atoms with van der Waals surface area (Å²) in [6.07, 6.45) is 11.0. The molecular formula is C47H67NO7. The second kappa shape index (κ2) is 14.2. The van der Waals surface area contributed by atoms with Crippen molar-refractivity contribution in [1.82, 2.24) is 4.90 Å². The first-order valence-electron chi connectivity index (χ1n) is 20.8. The van der Waals surface area contributed by atoms with Gasteiger partial charge in [0.15, 0.2) is 0 Å². The molecule has 4 saturated carbocycles. The molecule has 0 aromatic heterocycles. The fraction of sp³-hybridized carbons (Fsp3) is 0.702. The normalized spacial score (nSPS) is 36.2. The van der Waals surface area contributed by atoms with Gasteiger partial charge in [0, 0.05) is 20.0 Å². The van der Waals surface area contributed by atoms with Crippen LogP contribution in [0.25, 0.3) is 5.57 Å². The maximum atomic E-state index is 13.4. The van der Waals surface area contributed by atoms with Gasteiger partial charge in [-0.2, -0.15) is 0 Å². The van der Waals surface area contributed by atoms with Crippen LogP contribution in [-0.2, 0) is 23.9 Å². The summed E-state index contributed by atoms with van der Waals surface area (Å²) in [7, 11) is 3.08. The van der Waals surface area contributed by atoms with Gasteiger partial charge in [0.2, 0.25) is 5.91 Å². The molecule has 302 valence electrons. The summed E-state index contributed by atoms with van der Waals surface area (Å²) < 4.78 is 10.4. The quantitative estimate of drug-likeness (QED) is 0.197. The first-order valence-corrected chi connectivity index (χ1v) is 20.8. The highest BCUT2D eigenvalue weighted by molar-refractivity contribution is 5.90. The Balaban J connectivity index is 1.26. The average molecular weight is 758 g/mol. The molecule has 6 rings (SSSR count). The lowest BCUT2D eigenvalue weighted by atomic mass is 9.32. The Bertz CT molecular complexity index is 1750. The van der Waals surface area contributed by atoms with E-state index in [-0.39, 0.29) is 64.1 Å². The van der Waals surface area contributed by atoms with Crippen LogP contribution in [0, 0.1) is 56.7 Å². The maximum Gasteiger partial charge on any atom is 0.338 e. The van der Waals surface area contributed by atoms with Gasteiger partial charge in [-0.15, -0.1) is 0 Å². The zero-order chi connectivity index (χ0) is 40.5. The summed E-state index contributed by atoms with van der Waals surface area (Å²) in [5, 5.41) is 11.0. The Kier molecular flexibility index (Phi) is 10.6. The molecule has 0 saturated heterocycles. The van der Waals surface area contributed by atoms with E-state index >= 15 is 0 Å². The Morgan fingerprint density at radius 1 is 0.873 bits per heavy atom. The minimum Gasteiger partial charge on any atom is -0.481 e. The van der Waals surface area contributed by atoms with Gasteiger partial charge in [-0.1, -0.05) is 65.0 Å². The summed E-state index contributed by atoms with van der Waals surface area (Å²) in [5.41, 5.74) is 2.79. The summed E-state index contributed by atoms with van der Waals surface area (Å²) >= 11 is 0. The number of fused-ring (bicyclic) bond motifs is 7. The smallest absolute Gasteiger partial charge is 0.338 e. The number of hydrogen-bond acceptors (Lipinski definition) is 6. The summed E-state index contributed by atoms with van der Waals surface area (Å²) in [4.78, 5) is 52.5. The molecule has 1 amide bonds. The van der Waals surface area contributed by atoms with E-state index < -0.39 is 23.0 Å². The van der Waals surface area contributed by atoms with E-state index in [1.54, 1.807) is 11.9 Å². The van der Waals surface area contributed by atoms with E-state index in [0.717, 1.165) is 50.5 Å². The number of methoxy groups -OCH3 is 1. The number of benzene rings is 1. The number of likely N-dealkylation sites (N-methyl/N-ethyl adjacent to an activating group) is 1. The Labute approximate surface area is 329 Å². The molecule has 8 heteroatoms. The number of carbonyl (C=O) groups excluding carboxylic acids is 3. The van der Waals surface area contributed by atoms with Crippen LogP contribution in [-0.4, -0.2) is 60.1 Å². The maximum absolute atomic E-state index is 13.4. The molecule has 1 aromatic rings. The predicted octanol–water partition coefficient (Wildman–Crippen LogP) is 9.77. The van der Waals surface area contributed by atoms with Crippen LogP contribution < -0.4 is 0 Å². The van der Waals surface area contributed by atoms with Crippen LogP contribution in [0.2, 0.25) is 0 Å². The first kappa shape index (κ1) is 41.2. The number of carbonyl (C=O) groups is 4. The Hall–Kier alpha value is -3.42. The highest BCUT2D eigenvalue weighted by Gasteiger charge is 2.71. The highest BCUT2D eigenvalue weighted by Crippen LogP contribution is 2.77. The van der Waals surface area contributed by atoms with Crippen molar-refractivity contribution in [2.75, 3.05) is 20.7 Å². The number of nitrogens with zero attached hydrogens (tertiary/aromatic N) is 1. The Morgan fingerprint density at radius 2 is 1.55 bits per heavy atom. The lowest BCUT2D eigenvalue weighted by Crippen LogP contribution is -2.66. The number of esters is 2. The molecular weight excluding hydrogens is 691 g/mol. The van der Waals surface area contributed by atoms with Crippen molar-refractivity contribution < 1.29 is 33.8 Å². The predicted molar refractivity (Wildman–Crippen MR) is 215 cm³/mol. The number of aliphatic carboxylic acids is 1. The minimum absolute atomic E-state index is 0.0175. The molecule has 0 bridgehead atoms. The number of amides is 1. The van der Waals surface area contributed by atoms with E-state index in [0.29, 0.717) is 36.8 Å². The summed E-state index contributed by atoms with van der Waals surface area (Å²) in [5.74, 6) is -0.240. The topological polar surface area (TPSA) is 110 Å². The molecule has 4 fully saturated rings. The largest absolute Gasteiger partial charge is 0.481 e. The Morgan fingerprint density at radius 3 is 2.16 bits per heavy atom. The lowest BCUT2D eigenvalue weighted by Gasteiger charge is -2.72. The van der Waals surface area contributed by atoms with Gasteiger partial charge in [0.1, 0.15) is 5.60 Å². The van der Waals surface area contributed by atoms with Crippen LogP contribution in [0.5, 0.6) is 0 Å². The summed E-state index contributed by atoms with van der Waals surface area (Å²) in [6.45, 7) is 23.1. The van der Waals surface area contributed by atoms with Gasteiger partial charge in [-0.25, -0.2) is 4.79 Å². The number of rotatable bonds is 9. The van der Waals surface area contributed by atoms with E-state index in [1.165, 1.54) is 18.2 Å². The van der Waals surface area contributed by atoms with Crippen LogP contribution in [0.15, 0.2) is 42.5 Å². The van der Waals surface area contributed by atoms with Crippen LogP contribution in [0.4, 0.5) is 0 Å². The minimum atomic E-state index is -0.765. The fourth-order valence-electron chi connectivity index (χ4n) is 13.7. The van der Waals surface area contributed by atoms with Gasteiger partial charge in [0.25, 0.3) is 0 Å². The monoisotopic (exact) mass is 757 g/mol. The molecule has 5 aliphatic carbocycles. The second-order valence-corrected chi connectivity index (χ2v) is 20.4. The van der Waals surface area contributed by atoms with E-state index in [2.05, 4.69) is 59.4 Å². The van der Waals surface area contributed by atoms with Crippen molar-refractivity contribution in [3.05, 3.63) is 53.6 Å². The molecule has 1 N–H and O–H groups in total. The highest BCUT2D eigenvalue weighted by atomic mass is 16.6. The molecule has 55 heavy (non-hydrogen) atoms. The first-order chi connectivity index (χ1) is 25.6. The molecule has 0 spiro atoms. The third-order valence-corrected chi connectivity index (χ3v) is 16.4. The standard InChI is InChI=1S/C47H67NO7/c1-29(28-48(10)37(49)18-19-38(50)54-11)32-20-25-47(41(52)53)27-26-45(8)34(39(32)47)16-17-36-44(7)23-21-33(43(5,6)35(44)22-24-46(36,45)9)30-12-14-31(15-13-30)40(51)55-42(2,3)4/h12-15,21,32,34-36,39H,1,16-20,22-28H2,2-11H3,(H,52,53)/t32-,34+,35-,36+,39+,44-,45+,46+,47-/m0/s1. The van der Waals surface area contributed by atoms with Crippen molar-refractivity contribution in [1.29, 1.82) is 0 Å². The zero-order valence-corrected chi connectivity index (χ0v) is 35.3. The van der Waals surface area contributed by atoms with Gasteiger partial charge in [0.05, 0.1) is 24.5 Å². The van der Waals surface area contributed by atoms with Gasteiger partial charge in [-0.05, 0) is 153 Å². The number of allylic oxidation sites excluding steroid dienone is 2. The number of ether oxygens (including phenoxy) is 2. The molecule has 0 radical (unpaired) electrons. The lowest BCUT2D eigenvalue weighted by molar-refractivity contribution is -0.228. The van der Waals surface area contributed by atoms with Crippen LogP contribution in [0.1, 0.15) is 142 Å². The average Bonchev–Trinajstić information content (AvgIpc) is 3.51. The van der Waals surface area contributed by atoms with Crippen LogP contribution in [0.3, 0.4) is 0 Å². The molecule has 0 heterocycles. The molecule has 0 unspecified atom stereocenters. The molecule has 0 aliphatic heterocycles. The van der Waals surface area contributed by atoms with Crippen molar-refractivity contribution >= 4 is 29.4 Å². The van der Waals surface area contributed by atoms with Crippen LogP contribution >= 0.6 is 0 Å². The number of hydrogen-bond donors (Lipinski definition) is 1. The summed E-state index contributed by atoms with van der Waals surface area (Å²) in [6, 6.07) is 7.99. The third kappa shape index (κ3) is 6.69. The van der Waals surface area contributed by atoms with Crippen molar-refractivity contribution in [3.63, 3.8) is 0 Å². The second-order valence-electron chi connectivity index (χ2n) is 20.4. The molecule has 9 atom stereocenters. The van der Waals surface area contributed by atoms with Crippen molar-refractivity contribution in [3.8, 4) is 0 Å². The van der Waals surface area contributed by atoms with Gasteiger partial charge in [-0.3, -0.25) is 14.4 Å². The van der Waals surface area contributed by atoms with Gasteiger partial charge < -0.3 is 19.5 Å². The number of carboxylic acids is 1. The van der Waals surface area contributed by atoms with Crippen molar-refractivity contribution in [2.24, 2.45) is 56.7 Å². The molecule has 5 aliphatic rings. The van der Waals surface area contributed by atoms with E-state index in [4.69, 9.17) is 9.47 Å². The van der Waals surface area contributed by atoms with E-state index in [1.807, 2.05) is 32.9 Å². The fourth-order valence-corrected chi connectivity index (χ4v) is 13.7. The molecule has 1 aromatic carbocycles. The van der Waals surface area contributed by atoms with Gasteiger partial charge >= 0.3 is 17.9 Å². The number of carboxylic acid groups (broad SMARTS) is 1. The zero-order valence-electron chi connectivity index (χ0n) is 35.3. The molecule has 8 nitrogen and oxygen atoms in total. The van der Waals surface area contributed by atoms with E-state index in [9.17, 15) is 24.3 Å². The SMILES string of the molecule is C=C(CN(C)C(=O)CCC(=O)OC)[C@@H]1CC[C@]2(C(=O)O)CC[C@]3(C)[C@H](CC[C@@H]4[C@@]5(C)CC=C(c6ccc(C(=O)OC(C)(C)C)cc6)C(C)(C)[C@@H]5CC[C@]43C)[C@@H]12.